The van der Waals surface area contributed by atoms with Crippen molar-refractivity contribution in [2.24, 2.45) is 5.73 Å². The van der Waals surface area contributed by atoms with Crippen LogP contribution in [0.25, 0.3) is 0 Å². The lowest BCUT2D eigenvalue weighted by Crippen LogP contribution is -2.47. The lowest BCUT2D eigenvalue weighted by atomic mass is 10.00. The number of carbonyl (C=O) groups excluding carboxylic acids is 2. The molecule has 24 heavy (non-hydrogen) atoms. The molecule has 0 radical (unpaired) electrons. The summed E-state index contributed by atoms with van der Waals surface area (Å²) in [5, 5.41) is 2.31. The SMILES string of the molecule is CC(=O)Nc1cc(C(=O)N2CCCCC2CN)cc(C(F)(F)F)c1. The standard InChI is InChI=1S/C16H20F3N3O2/c1-10(23)21-13-7-11(6-12(8-13)16(17,18)19)15(24)22-5-3-2-4-14(22)9-20/h6-8,14H,2-5,9,20H2,1H3,(H,21,23). The summed E-state index contributed by atoms with van der Waals surface area (Å²) in [7, 11) is 0. The number of carbonyl (C=O) groups is 2. The summed E-state index contributed by atoms with van der Waals surface area (Å²) in [6.07, 6.45) is -2.15. The van der Waals surface area contributed by atoms with Crippen LogP contribution in [-0.2, 0) is 11.0 Å². The first-order valence-electron chi connectivity index (χ1n) is 7.73. The second-order valence-electron chi connectivity index (χ2n) is 5.86. The van der Waals surface area contributed by atoms with E-state index in [0.717, 1.165) is 31.4 Å². The molecule has 0 aliphatic carbocycles. The molecule has 3 N–H and O–H groups in total. The van der Waals surface area contributed by atoms with Gasteiger partial charge in [-0.25, -0.2) is 0 Å². The maximum atomic E-state index is 13.1. The van der Waals surface area contributed by atoms with Crippen molar-refractivity contribution in [3.63, 3.8) is 0 Å². The quantitative estimate of drug-likeness (QED) is 0.886. The number of nitrogens with one attached hydrogen (secondary N) is 1. The van der Waals surface area contributed by atoms with Crippen molar-refractivity contribution in [1.29, 1.82) is 0 Å². The first kappa shape index (κ1) is 18.3. The Bertz CT molecular complexity index is 631. The maximum absolute atomic E-state index is 13.1. The van der Waals surface area contributed by atoms with Gasteiger partial charge in [0, 0.05) is 37.3 Å². The number of likely N-dealkylation sites (tertiary alicyclic amines) is 1. The first-order chi connectivity index (χ1) is 11.2. The van der Waals surface area contributed by atoms with Gasteiger partial charge in [-0.05, 0) is 37.5 Å². The van der Waals surface area contributed by atoms with E-state index in [2.05, 4.69) is 5.32 Å². The van der Waals surface area contributed by atoms with Gasteiger partial charge >= 0.3 is 6.18 Å². The van der Waals surface area contributed by atoms with E-state index in [0.29, 0.717) is 6.54 Å². The molecule has 2 amide bonds. The molecular formula is C16H20F3N3O2. The van der Waals surface area contributed by atoms with Crippen molar-refractivity contribution >= 4 is 17.5 Å². The molecule has 1 saturated heterocycles. The molecule has 1 atom stereocenters. The molecule has 1 fully saturated rings. The molecule has 5 nitrogen and oxygen atoms in total. The molecule has 1 aliphatic rings. The number of anilines is 1. The van der Waals surface area contributed by atoms with Crippen molar-refractivity contribution in [2.75, 3.05) is 18.4 Å². The van der Waals surface area contributed by atoms with Crippen LogP contribution in [0.15, 0.2) is 18.2 Å². The van der Waals surface area contributed by atoms with Crippen molar-refractivity contribution in [2.45, 2.75) is 38.4 Å². The van der Waals surface area contributed by atoms with Crippen LogP contribution in [0.5, 0.6) is 0 Å². The Kier molecular flexibility index (Phi) is 5.48. The molecule has 0 bridgehead atoms. The summed E-state index contributed by atoms with van der Waals surface area (Å²) >= 11 is 0. The van der Waals surface area contributed by atoms with E-state index in [-0.39, 0.29) is 23.8 Å². The number of hydrogen-bond donors (Lipinski definition) is 2. The van der Waals surface area contributed by atoms with E-state index >= 15 is 0 Å². The molecule has 1 unspecified atom stereocenters. The van der Waals surface area contributed by atoms with E-state index in [4.69, 9.17) is 5.73 Å². The van der Waals surface area contributed by atoms with E-state index in [1.54, 1.807) is 0 Å². The summed E-state index contributed by atoms with van der Waals surface area (Å²) in [6, 6.07) is 2.72. The fraction of sp³-hybridized carbons (Fsp3) is 0.500. The summed E-state index contributed by atoms with van der Waals surface area (Å²) in [5.74, 6) is -1.01. The highest BCUT2D eigenvalue weighted by molar-refractivity contribution is 5.97. The van der Waals surface area contributed by atoms with Crippen LogP contribution in [0.2, 0.25) is 0 Å². The molecule has 132 valence electrons. The zero-order chi connectivity index (χ0) is 17.9. The van der Waals surface area contributed by atoms with Crippen molar-refractivity contribution < 1.29 is 22.8 Å². The van der Waals surface area contributed by atoms with Gasteiger partial charge in [-0.15, -0.1) is 0 Å². The second kappa shape index (κ2) is 7.21. The number of amides is 2. The molecule has 8 heteroatoms. The zero-order valence-corrected chi connectivity index (χ0v) is 13.3. The smallest absolute Gasteiger partial charge is 0.334 e. The minimum absolute atomic E-state index is 0.0537. The number of hydrogen-bond acceptors (Lipinski definition) is 3. The van der Waals surface area contributed by atoms with Crippen molar-refractivity contribution in [3.8, 4) is 0 Å². The largest absolute Gasteiger partial charge is 0.416 e. The van der Waals surface area contributed by atoms with Gasteiger partial charge in [0.2, 0.25) is 5.91 Å². The average molecular weight is 343 g/mol. The van der Waals surface area contributed by atoms with Gasteiger partial charge in [0.1, 0.15) is 0 Å². The highest BCUT2D eigenvalue weighted by Gasteiger charge is 2.33. The van der Waals surface area contributed by atoms with Crippen LogP contribution in [0, 0.1) is 0 Å². The molecule has 1 aromatic carbocycles. The molecule has 1 aromatic rings. The minimum atomic E-state index is -4.61. The van der Waals surface area contributed by atoms with Crippen LogP contribution in [0.3, 0.4) is 0 Å². The zero-order valence-electron chi connectivity index (χ0n) is 13.3. The first-order valence-corrected chi connectivity index (χ1v) is 7.73. The van der Waals surface area contributed by atoms with Gasteiger partial charge in [0.25, 0.3) is 5.91 Å². The van der Waals surface area contributed by atoms with Crippen LogP contribution < -0.4 is 11.1 Å². The van der Waals surface area contributed by atoms with Crippen molar-refractivity contribution in [3.05, 3.63) is 29.3 Å². The van der Waals surface area contributed by atoms with E-state index in [9.17, 15) is 22.8 Å². The Hall–Kier alpha value is -2.09. The third kappa shape index (κ3) is 4.25. The van der Waals surface area contributed by atoms with E-state index in [1.807, 2.05) is 0 Å². The molecule has 0 saturated carbocycles. The molecule has 2 rings (SSSR count). The molecule has 0 aromatic heterocycles. The van der Waals surface area contributed by atoms with Gasteiger partial charge < -0.3 is 16.0 Å². The summed E-state index contributed by atoms with van der Waals surface area (Å²) in [4.78, 5) is 25.4. The Morgan fingerprint density at radius 2 is 2.00 bits per heavy atom. The minimum Gasteiger partial charge on any atom is -0.334 e. The summed E-state index contributed by atoms with van der Waals surface area (Å²) in [6.45, 7) is 1.92. The fourth-order valence-corrected chi connectivity index (χ4v) is 2.87. The van der Waals surface area contributed by atoms with Crippen molar-refractivity contribution in [1.82, 2.24) is 4.90 Å². The van der Waals surface area contributed by atoms with Gasteiger partial charge in [0.05, 0.1) is 5.56 Å². The normalized spacial score (nSPS) is 18.4. The van der Waals surface area contributed by atoms with Gasteiger partial charge in [-0.3, -0.25) is 9.59 Å². The van der Waals surface area contributed by atoms with E-state index in [1.165, 1.54) is 17.9 Å². The maximum Gasteiger partial charge on any atom is 0.416 e. The molecular weight excluding hydrogens is 323 g/mol. The Labute approximate surface area is 138 Å². The number of halogens is 3. The van der Waals surface area contributed by atoms with Crippen LogP contribution in [0.1, 0.15) is 42.1 Å². The lowest BCUT2D eigenvalue weighted by molar-refractivity contribution is -0.137. The highest BCUT2D eigenvalue weighted by atomic mass is 19.4. The van der Waals surface area contributed by atoms with Gasteiger partial charge in [0.15, 0.2) is 0 Å². The number of alkyl halides is 3. The number of nitrogens with two attached hydrogens (primary N) is 1. The molecule has 1 aliphatic heterocycles. The molecule has 1 heterocycles. The van der Waals surface area contributed by atoms with Gasteiger partial charge in [-0.1, -0.05) is 0 Å². The summed E-state index contributed by atoms with van der Waals surface area (Å²) in [5.41, 5.74) is 4.54. The number of rotatable bonds is 3. The Morgan fingerprint density at radius 3 is 2.58 bits per heavy atom. The van der Waals surface area contributed by atoms with Gasteiger partial charge in [-0.2, -0.15) is 13.2 Å². The predicted molar refractivity (Wildman–Crippen MR) is 83.5 cm³/mol. The average Bonchev–Trinajstić information content (AvgIpc) is 2.52. The molecule has 0 spiro atoms. The number of nitrogens with zero attached hydrogens (tertiary/aromatic N) is 1. The predicted octanol–water partition coefficient (Wildman–Crippen LogP) is 2.62. The monoisotopic (exact) mass is 343 g/mol. The Balaban J connectivity index is 2.40. The van der Waals surface area contributed by atoms with Crippen LogP contribution in [0.4, 0.5) is 18.9 Å². The fourth-order valence-electron chi connectivity index (χ4n) is 2.87. The number of benzene rings is 1. The third-order valence-electron chi connectivity index (χ3n) is 3.99. The van der Waals surface area contributed by atoms with Crippen LogP contribution in [-0.4, -0.2) is 35.8 Å². The Morgan fingerprint density at radius 1 is 1.29 bits per heavy atom. The second-order valence-corrected chi connectivity index (χ2v) is 5.86. The lowest BCUT2D eigenvalue weighted by Gasteiger charge is -2.35. The topological polar surface area (TPSA) is 75.4 Å². The summed E-state index contributed by atoms with van der Waals surface area (Å²) < 4.78 is 39.2. The van der Waals surface area contributed by atoms with E-state index < -0.39 is 23.6 Å². The number of piperidine rings is 1. The third-order valence-corrected chi connectivity index (χ3v) is 3.99. The highest BCUT2D eigenvalue weighted by Crippen LogP contribution is 2.33. The van der Waals surface area contributed by atoms with Crippen LogP contribution >= 0.6 is 0 Å².